The summed E-state index contributed by atoms with van der Waals surface area (Å²) < 4.78 is 0. The molecule has 5 heteroatoms. The molecule has 4 N–H and O–H groups in total. The van der Waals surface area contributed by atoms with E-state index in [1.807, 2.05) is 25.2 Å². The van der Waals surface area contributed by atoms with Gasteiger partial charge >= 0.3 is 0 Å². The number of likely N-dealkylation sites (N-methyl/N-ethyl adjacent to an activating group) is 1. The van der Waals surface area contributed by atoms with Gasteiger partial charge in [-0.15, -0.1) is 0 Å². The largest absolute Gasteiger partial charge is 0.397 e. The average molecular weight is 277 g/mol. The first-order valence-electron chi connectivity index (χ1n) is 7.07. The molecule has 2 rings (SSSR count). The van der Waals surface area contributed by atoms with E-state index in [0.717, 1.165) is 30.5 Å². The van der Waals surface area contributed by atoms with Crippen LogP contribution in [0.15, 0.2) is 18.2 Å². The number of nitrogens with zero attached hydrogens (tertiary/aromatic N) is 1. The van der Waals surface area contributed by atoms with Crippen molar-refractivity contribution in [1.29, 1.82) is 0 Å². The van der Waals surface area contributed by atoms with Crippen LogP contribution >= 0.6 is 0 Å². The van der Waals surface area contributed by atoms with Crippen LogP contribution in [-0.2, 0) is 4.79 Å². The summed E-state index contributed by atoms with van der Waals surface area (Å²) in [7, 11) is 1.98. The lowest BCUT2D eigenvalue weighted by molar-refractivity contribution is -0.111. The lowest BCUT2D eigenvalue weighted by Gasteiger charge is -2.20. The molecule has 0 aromatic heterocycles. The van der Waals surface area contributed by atoms with Crippen LogP contribution in [0.5, 0.6) is 0 Å². The minimum atomic E-state index is -0.0531. The lowest BCUT2D eigenvalue weighted by Crippen LogP contribution is -2.29. The van der Waals surface area contributed by atoms with Crippen molar-refractivity contribution in [2.24, 2.45) is 0 Å². The standard InChI is InChI=1S/C15H23N3O2/c1-18-7-5-12(15(18)10-20)11-3-4-14(13(16)9-11)17-6-2-8-19/h3-4,9-10,12,15,17,19H,2,5-8,16H2,1H3. The molecule has 2 atom stereocenters. The highest BCUT2D eigenvalue weighted by Crippen LogP contribution is 2.34. The van der Waals surface area contributed by atoms with E-state index < -0.39 is 0 Å². The van der Waals surface area contributed by atoms with Gasteiger partial charge in [-0.25, -0.2) is 0 Å². The number of rotatable bonds is 6. The first-order chi connectivity index (χ1) is 9.67. The molecule has 2 unspecified atom stereocenters. The number of aliphatic hydroxyl groups is 1. The van der Waals surface area contributed by atoms with E-state index in [9.17, 15) is 4.79 Å². The molecule has 20 heavy (non-hydrogen) atoms. The first kappa shape index (κ1) is 14.8. The number of anilines is 2. The number of nitrogens with one attached hydrogen (secondary N) is 1. The molecule has 1 aliphatic rings. The predicted octanol–water partition coefficient (Wildman–Crippen LogP) is 1.05. The van der Waals surface area contributed by atoms with Crippen LogP contribution in [0.3, 0.4) is 0 Å². The Labute approximate surface area is 119 Å². The number of nitrogen functional groups attached to an aromatic ring is 1. The van der Waals surface area contributed by atoms with Gasteiger partial charge in [-0.3, -0.25) is 4.90 Å². The van der Waals surface area contributed by atoms with Crippen molar-refractivity contribution in [2.75, 3.05) is 37.8 Å². The van der Waals surface area contributed by atoms with Gasteiger partial charge in [-0.1, -0.05) is 6.07 Å². The van der Waals surface area contributed by atoms with Gasteiger partial charge in [0.25, 0.3) is 0 Å². The second-order valence-electron chi connectivity index (χ2n) is 5.35. The normalized spacial score (nSPS) is 22.9. The molecular weight excluding hydrogens is 254 g/mol. The molecule has 0 saturated carbocycles. The Morgan fingerprint density at radius 1 is 1.55 bits per heavy atom. The summed E-state index contributed by atoms with van der Waals surface area (Å²) in [5, 5.41) is 12.0. The zero-order valence-corrected chi connectivity index (χ0v) is 11.9. The van der Waals surface area contributed by atoms with Gasteiger partial charge in [0, 0.05) is 19.1 Å². The molecule has 1 fully saturated rings. The van der Waals surface area contributed by atoms with Crippen LogP contribution in [0.4, 0.5) is 11.4 Å². The predicted molar refractivity (Wildman–Crippen MR) is 80.9 cm³/mol. The minimum Gasteiger partial charge on any atom is -0.397 e. The molecule has 0 spiro atoms. The average Bonchev–Trinajstić information content (AvgIpc) is 2.81. The molecule has 1 heterocycles. The molecular formula is C15H23N3O2. The van der Waals surface area contributed by atoms with Gasteiger partial charge in [-0.2, -0.15) is 0 Å². The number of carbonyl (C=O) groups excluding carboxylic acids is 1. The molecule has 1 aromatic rings. The van der Waals surface area contributed by atoms with E-state index in [2.05, 4.69) is 10.2 Å². The number of aliphatic hydroxyl groups excluding tert-OH is 1. The number of likely N-dealkylation sites (tertiary alicyclic amines) is 1. The number of nitrogens with two attached hydrogens (primary N) is 1. The second kappa shape index (κ2) is 6.72. The number of aldehydes is 1. The molecule has 110 valence electrons. The topological polar surface area (TPSA) is 78.6 Å². The van der Waals surface area contributed by atoms with Crippen LogP contribution in [0.2, 0.25) is 0 Å². The third-order valence-corrected chi connectivity index (χ3v) is 4.01. The Morgan fingerprint density at radius 2 is 2.35 bits per heavy atom. The van der Waals surface area contributed by atoms with Crippen molar-refractivity contribution in [1.82, 2.24) is 4.90 Å². The van der Waals surface area contributed by atoms with Crippen molar-refractivity contribution >= 4 is 17.7 Å². The highest BCUT2D eigenvalue weighted by molar-refractivity contribution is 5.68. The molecule has 1 aliphatic heterocycles. The van der Waals surface area contributed by atoms with E-state index in [1.54, 1.807) is 0 Å². The Bertz CT molecular complexity index is 464. The van der Waals surface area contributed by atoms with Crippen molar-refractivity contribution < 1.29 is 9.90 Å². The maximum absolute atomic E-state index is 11.2. The van der Waals surface area contributed by atoms with Gasteiger partial charge in [-0.05, 0) is 44.1 Å². The van der Waals surface area contributed by atoms with E-state index in [0.29, 0.717) is 18.7 Å². The monoisotopic (exact) mass is 277 g/mol. The highest BCUT2D eigenvalue weighted by Gasteiger charge is 2.32. The summed E-state index contributed by atoms with van der Waals surface area (Å²) >= 11 is 0. The molecule has 0 aliphatic carbocycles. The smallest absolute Gasteiger partial charge is 0.137 e. The van der Waals surface area contributed by atoms with Crippen molar-refractivity contribution in [3.05, 3.63) is 23.8 Å². The summed E-state index contributed by atoms with van der Waals surface area (Å²) in [6, 6.07) is 5.91. The molecule has 1 saturated heterocycles. The Kier molecular flexibility index (Phi) is 4.98. The van der Waals surface area contributed by atoms with Crippen molar-refractivity contribution in [2.45, 2.75) is 24.8 Å². The van der Waals surface area contributed by atoms with Crippen molar-refractivity contribution in [3.63, 3.8) is 0 Å². The summed E-state index contributed by atoms with van der Waals surface area (Å²) in [6.45, 7) is 1.80. The maximum Gasteiger partial charge on any atom is 0.137 e. The highest BCUT2D eigenvalue weighted by atomic mass is 16.3. The van der Waals surface area contributed by atoms with E-state index in [-0.39, 0.29) is 18.6 Å². The zero-order valence-electron chi connectivity index (χ0n) is 11.9. The SMILES string of the molecule is CN1CCC(c2ccc(NCCCO)c(N)c2)C1C=O. The molecule has 0 bridgehead atoms. The Morgan fingerprint density at radius 3 is 3.00 bits per heavy atom. The van der Waals surface area contributed by atoms with Gasteiger partial charge in [0.15, 0.2) is 0 Å². The first-order valence-corrected chi connectivity index (χ1v) is 7.07. The third-order valence-electron chi connectivity index (χ3n) is 4.01. The quantitative estimate of drug-likeness (QED) is 0.411. The number of hydrogen-bond donors (Lipinski definition) is 3. The van der Waals surface area contributed by atoms with E-state index in [1.165, 1.54) is 0 Å². The van der Waals surface area contributed by atoms with Gasteiger partial charge < -0.3 is 21.0 Å². The second-order valence-corrected chi connectivity index (χ2v) is 5.35. The minimum absolute atomic E-state index is 0.0531. The van der Waals surface area contributed by atoms with Gasteiger partial charge in [0.1, 0.15) is 6.29 Å². The van der Waals surface area contributed by atoms with Crippen LogP contribution < -0.4 is 11.1 Å². The van der Waals surface area contributed by atoms with Crippen LogP contribution in [-0.4, -0.2) is 49.1 Å². The zero-order chi connectivity index (χ0) is 14.5. The summed E-state index contributed by atoms with van der Waals surface area (Å²) in [5.41, 5.74) is 8.77. The molecule has 0 radical (unpaired) electrons. The van der Waals surface area contributed by atoms with Crippen LogP contribution in [0, 0.1) is 0 Å². The summed E-state index contributed by atoms with van der Waals surface area (Å²) in [5.74, 6) is 0.228. The summed E-state index contributed by atoms with van der Waals surface area (Å²) in [4.78, 5) is 13.3. The number of hydrogen-bond acceptors (Lipinski definition) is 5. The van der Waals surface area contributed by atoms with Crippen molar-refractivity contribution in [3.8, 4) is 0 Å². The maximum atomic E-state index is 11.2. The fourth-order valence-corrected chi connectivity index (χ4v) is 2.81. The number of carbonyl (C=O) groups is 1. The van der Waals surface area contributed by atoms with E-state index in [4.69, 9.17) is 10.8 Å². The lowest BCUT2D eigenvalue weighted by atomic mass is 9.92. The van der Waals surface area contributed by atoms with E-state index >= 15 is 0 Å². The third kappa shape index (κ3) is 3.11. The number of benzene rings is 1. The Hall–Kier alpha value is -1.59. The summed E-state index contributed by atoms with van der Waals surface area (Å²) in [6.07, 6.45) is 2.71. The van der Waals surface area contributed by atoms with Crippen LogP contribution in [0.25, 0.3) is 0 Å². The van der Waals surface area contributed by atoms with Gasteiger partial charge in [0.05, 0.1) is 17.4 Å². The van der Waals surface area contributed by atoms with Gasteiger partial charge in [0.2, 0.25) is 0 Å². The van der Waals surface area contributed by atoms with Crippen LogP contribution in [0.1, 0.15) is 24.3 Å². The molecule has 1 aromatic carbocycles. The Balaban J connectivity index is 2.10. The fourth-order valence-electron chi connectivity index (χ4n) is 2.81. The molecule has 0 amide bonds. The fraction of sp³-hybridized carbons (Fsp3) is 0.533. The molecule has 5 nitrogen and oxygen atoms in total.